The number of hydrogen-bond donors (Lipinski definition) is 3. The van der Waals surface area contributed by atoms with Crippen molar-refractivity contribution >= 4 is 36.9 Å². The topological polar surface area (TPSA) is 156 Å². The number of nitrogens with two attached hydrogens (primary N) is 1. The second-order valence-electron chi connectivity index (χ2n) is 6.37. The maximum absolute atomic E-state index is 12.4. The van der Waals surface area contributed by atoms with Crippen LogP contribution in [-0.4, -0.2) is 42.8 Å². The molecule has 0 saturated carbocycles. The van der Waals surface area contributed by atoms with E-state index < -0.39 is 7.82 Å². The largest absolute Gasteiger partial charge is 0.469 e. The van der Waals surface area contributed by atoms with E-state index in [4.69, 9.17) is 15.5 Å². The lowest BCUT2D eigenvalue weighted by atomic mass is 10.1. The third-order valence-electron chi connectivity index (χ3n) is 4.15. The Morgan fingerprint density at radius 1 is 1.48 bits per heavy atom. The van der Waals surface area contributed by atoms with E-state index in [-0.39, 0.29) is 36.4 Å². The van der Waals surface area contributed by atoms with Crippen molar-refractivity contribution in [2.75, 3.05) is 12.3 Å². The molecule has 0 aromatic carbocycles. The van der Waals surface area contributed by atoms with E-state index in [1.165, 1.54) is 11.1 Å². The van der Waals surface area contributed by atoms with Crippen LogP contribution >= 0.6 is 19.6 Å². The van der Waals surface area contributed by atoms with E-state index in [0.717, 1.165) is 11.8 Å². The molecule has 1 unspecified atom stereocenters. The first-order chi connectivity index (χ1) is 13.5. The summed E-state index contributed by atoms with van der Waals surface area (Å²) in [5.74, 6) is 0.532. The van der Waals surface area contributed by atoms with Gasteiger partial charge in [0.2, 0.25) is 6.41 Å². The summed E-state index contributed by atoms with van der Waals surface area (Å²) in [6, 6.07) is 0. The van der Waals surface area contributed by atoms with Gasteiger partial charge in [-0.1, -0.05) is 25.6 Å². The van der Waals surface area contributed by atoms with Gasteiger partial charge in [0.05, 0.1) is 13.2 Å². The SMILES string of the molecule is CCC(C)C(=O)S/C(CCOP(=O)(O)O)=C(/C)N(C=O)Cc1cnc(C)nc1N. The van der Waals surface area contributed by atoms with E-state index in [9.17, 15) is 14.2 Å². The molecule has 0 radical (unpaired) electrons. The van der Waals surface area contributed by atoms with Gasteiger partial charge >= 0.3 is 7.82 Å². The first-order valence-corrected chi connectivity index (χ1v) is 11.2. The van der Waals surface area contributed by atoms with Crippen LogP contribution in [0.15, 0.2) is 16.8 Å². The molecule has 0 saturated heterocycles. The molecule has 1 aromatic rings. The molecule has 12 heteroatoms. The fourth-order valence-electron chi connectivity index (χ4n) is 2.16. The average Bonchev–Trinajstić information content (AvgIpc) is 2.64. The van der Waals surface area contributed by atoms with Gasteiger partial charge in [0.1, 0.15) is 11.6 Å². The zero-order valence-electron chi connectivity index (χ0n) is 16.9. The minimum atomic E-state index is -4.64. The smallest absolute Gasteiger partial charge is 0.383 e. The number of phosphoric acid groups is 1. The van der Waals surface area contributed by atoms with Crippen molar-refractivity contribution in [3.8, 4) is 0 Å². The number of hydrogen-bond acceptors (Lipinski definition) is 8. The highest BCUT2D eigenvalue weighted by molar-refractivity contribution is 8.17. The number of aromatic nitrogens is 2. The van der Waals surface area contributed by atoms with Gasteiger partial charge in [0, 0.05) is 34.7 Å². The van der Waals surface area contributed by atoms with Crippen molar-refractivity contribution in [1.82, 2.24) is 14.9 Å². The number of rotatable bonds is 11. The molecule has 162 valence electrons. The fraction of sp³-hybridized carbons (Fsp3) is 0.529. The van der Waals surface area contributed by atoms with Crippen molar-refractivity contribution in [1.29, 1.82) is 0 Å². The molecule has 0 aliphatic rings. The number of amides is 1. The predicted octanol–water partition coefficient (Wildman–Crippen LogP) is 2.36. The summed E-state index contributed by atoms with van der Waals surface area (Å²) < 4.78 is 15.4. The van der Waals surface area contributed by atoms with Crippen LogP contribution in [0.2, 0.25) is 0 Å². The first kappa shape index (κ1) is 25.3. The Hall–Kier alpha value is -1.78. The van der Waals surface area contributed by atoms with Crippen LogP contribution < -0.4 is 5.73 Å². The van der Waals surface area contributed by atoms with Crippen LogP contribution in [0.5, 0.6) is 0 Å². The van der Waals surface area contributed by atoms with E-state index in [1.54, 1.807) is 20.8 Å². The van der Waals surface area contributed by atoms with Crippen LogP contribution in [0, 0.1) is 12.8 Å². The monoisotopic (exact) mass is 446 g/mol. The summed E-state index contributed by atoms with van der Waals surface area (Å²) in [6.45, 7) is 6.79. The van der Waals surface area contributed by atoms with Crippen molar-refractivity contribution in [2.45, 2.75) is 47.1 Å². The molecule has 0 fully saturated rings. The third kappa shape index (κ3) is 8.63. The zero-order valence-corrected chi connectivity index (χ0v) is 18.6. The summed E-state index contributed by atoms with van der Waals surface area (Å²) in [6.07, 6.45) is 2.81. The summed E-state index contributed by atoms with van der Waals surface area (Å²) in [4.78, 5) is 51.8. The van der Waals surface area contributed by atoms with Crippen molar-refractivity contribution in [2.24, 2.45) is 5.92 Å². The molecule has 1 rings (SSSR count). The van der Waals surface area contributed by atoms with Gasteiger partial charge in [-0.25, -0.2) is 14.5 Å². The zero-order chi connectivity index (χ0) is 22.2. The molecule has 4 N–H and O–H groups in total. The Labute approximate surface area is 174 Å². The van der Waals surface area contributed by atoms with Crippen LogP contribution in [-0.2, 0) is 25.2 Å². The third-order valence-corrected chi connectivity index (χ3v) is 6.02. The Kier molecular flexibility index (Phi) is 9.94. The van der Waals surface area contributed by atoms with Crippen molar-refractivity contribution in [3.63, 3.8) is 0 Å². The van der Waals surface area contributed by atoms with Crippen molar-refractivity contribution < 1.29 is 28.5 Å². The summed E-state index contributed by atoms with van der Waals surface area (Å²) in [5.41, 5.74) is 6.88. The van der Waals surface area contributed by atoms with Crippen molar-refractivity contribution in [3.05, 3.63) is 28.2 Å². The quantitative estimate of drug-likeness (QED) is 0.340. The molecule has 0 bridgehead atoms. The number of aryl methyl sites for hydroxylation is 1. The van der Waals surface area contributed by atoms with Gasteiger partial charge in [0.25, 0.3) is 0 Å². The van der Waals surface area contributed by atoms with Gasteiger partial charge in [-0.2, -0.15) is 0 Å². The maximum atomic E-state index is 12.4. The Morgan fingerprint density at radius 3 is 2.66 bits per heavy atom. The van der Waals surface area contributed by atoms with Gasteiger partial charge in [0.15, 0.2) is 5.12 Å². The molecule has 1 aromatic heterocycles. The number of thioether (sulfide) groups is 1. The Morgan fingerprint density at radius 2 is 2.14 bits per heavy atom. The number of nitrogen functional groups attached to an aromatic ring is 1. The number of carbonyl (C=O) groups excluding carboxylic acids is 2. The first-order valence-electron chi connectivity index (χ1n) is 8.89. The minimum Gasteiger partial charge on any atom is -0.383 e. The molecule has 1 atom stereocenters. The maximum Gasteiger partial charge on any atom is 0.469 e. The van der Waals surface area contributed by atoms with Crippen LogP contribution in [0.4, 0.5) is 5.82 Å². The number of carbonyl (C=O) groups is 2. The highest BCUT2D eigenvalue weighted by atomic mass is 32.2. The molecule has 10 nitrogen and oxygen atoms in total. The van der Waals surface area contributed by atoms with E-state index in [0.29, 0.717) is 34.8 Å². The van der Waals surface area contributed by atoms with E-state index in [1.807, 2.05) is 6.92 Å². The van der Waals surface area contributed by atoms with Crippen LogP contribution in [0.1, 0.15) is 45.0 Å². The highest BCUT2D eigenvalue weighted by Gasteiger charge is 2.21. The molecule has 0 aliphatic heterocycles. The number of nitrogens with zero attached hydrogens (tertiary/aromatic N) is 3. The molecular weight excluding hydrogens is 419 g/mol. The second-order valence-corrected chi connectivity index (χ2v) is 8.71. The minimum absolute atomic E-state index is 0.0496. The summed E-state index contributed by atoms with van der Waals surface area (Å²) in [5, 5.41) is -0.109. The second kappa shape index (κ2) is 11.4. The van der Waals surface area contributed by atoms with E-state index in [2.05, 4.69) is 14.5 Å². The molecule has 1 heterocycles. The van der Waals surface area contributed by atoms with Crippen LogP contribution in [0.25, 0.3) is 0 Å². The van der Waals surface area contributed by atoms with Gasteiger partial charge < -0.3 is 20.4 Å². The summed E-state index contributed by atoms with van der Waals surface area (Å²) >= 11 is 0.942. The van der Waals surface area contributed by atoms with E-state index >= 15 is 0 Å². The predicted molar refractivity (Wildman–Crippen MR) is 110 cm³/mol. The molecule has 0 aliphatic carbocycles. The fourth-order valence-corrected chi connectivity index (χ4v) is 3.55. The molecular formula is C17H27N4O6PS. The van der Waals surface area contributed by atoms with Gasteiger partial charge in [-0.15, -0.1) is 0 Å². The lowest BCUT2D eigenvalue weighted by Crippen LogP contribution is -2.22. The van der Waals surface area contributed by atoms with Gasteiger partial charge in [-0.3, -0.25) is 14.1 Å². The highest BCUT2D eigenvalue weighted by Crippen LogP contribution is 2.37. The Bertz CT molecular complexity index is 813. The Balaban J connectivity index is 3.13. The molecule has 29 heavy (non-hydrogen) atoms. The summed E-state index contributed by atoms with van der Waals surface area (Å²) in [7, 11) is -4.64. The lowest BCUT2D eigenvalue weighted by Gasteiger charge is -2.22. The normalized spacial score (nSPS) is 13.6. The molecule has 0 spiro atoms. The van der Waals surface area contributed by atoms with Gasteiger partial charge in [-0.05, 0) is 20.3 Å². The molecule has 1 amide bonds. The number of anilines is 1. The average molecular weight is 446 g/mol. The lowest BCUT2D eigenvalue weighted by molar-refractivity contribution is -0.117. The standard InChI is InChI=1S/C17H27N4O6PS/c1-5-11(2)17(23)29-15(6-7-27-28(24,25)26)12(3)21(10-22)9-14-8-19-13(4)20-16(14)18/h8,10-11H,5-7,9H2,1-4H3,(H2,18,19,20)(H2,24,25,26)/b15-12-. The number of allylic oxidation sites excluding steroid dienone is 1. The number of phosphoric ester groups is 1. The van der Waals surface area contributed by atoms with Crippen LogP contribution in [0.3, 0.4) is 0 Å².